The number of nitrogens with one attached hydrogen (secondary N) is 1. The lowest BCUT2D eigenvalue weighted by atomic mass is 9.95. The van der Waals surface area contributed by atoms with Crippen molar-refractivity contribution >= 4 is 27.8 Å². The summed E-state index contributed by atoms with van der Waals surface area (Å²) in [5.74, 6) is 0.751. The van der Waals surface area contributed by atoms with Crippen LogP contribution in [0.25, 0.3) is 0 Å². The summed E-state index contributed by atoms with van der Waals surface area (Å²) < 4.78 is 0. The van der Waals surface area contributed by atoms with Gasteiger partial charge in [0.15, 0.2) is 5.13 Å². The highest BCUT2D eigenvalue weighted by molar-refractivity contribution is 7.15. The van der Waals surface area contributed by atoms with Gasteiger partial charge >= 0.3 is 0 Å². The van der Waals surface area contributed by atoms with Crippen LogP contribution in [0.15, 0.2) is 11.6 Å². The monoisotopic (exact) mass is 322 g/mol. The Balaban J connectivity index is 1.55. The van der Waals surface area contributed by atoms with Gasteiger partial charge in [-0.1, -0.05) is 0 Å². The molecule has 1 aliphatic rings. The van der Waals surface area contributed by atoms with Gasteiger partial charge in [0.05, 0.1) is 5.01 Å². The Hall–Kier alpha value is -0.980. The first-order valence-corrected chi connectivity index (χ1v) is 9.18. The topological polar surface area (TPSA) is 41.1 Å². The Labute approximate surface area is 134 Å². The van der Waals surface area contributed by atoms with Crippen molar-refractivity contribution in [1.82, 2.24) is 14.9 Å². The first-order valence-electron chi connectivity index (χ1n) is 7.48. The van der Waals surface area contributed by atoms with Gasteiger partial charge in [-0.25, -0.2) is 9.97 Å². The zero-order valence-electron chi connectivity index (χ0n) is 12.6. The van der Waals surface area contributed by atoms with Gasteiger partial charge in [0.25, 0.3) is 0 Å². The standard InChI is InChI=1S/C15H22N4S2/c1-11-10-20-14(18-11)6-12-4-3-5-19(8-12)9-13-7-17-15(16-2)21-13/h7,10,12H,3-6,8-9H2,1-2H3,(H,16,17). The maximum atomic E-state index is 4.61. The van der Waals surface area contributed by atoms with E-state index in [-0.39, 0.29) is 0 Å². The zero-order valence-corrected chi connectivity index (χ0v) is 14.3. The molecule has 1 N–H and O–H groups in total. The fourth-order valence-electron chi connectivity index (χ4n) is 2.92. The van der Waals surface area contributed by atoms with E-state index in [1.807, 2.05) is 24.6 Å². The molecule has 2 aromatic heterocycles. The van der Waals surface area contributed by atoms with Gasteiger partial charge in [-0.2, -0.15) is 0 Å². The van der Waals surface area contributed by atoms with Crippen molar-refractivity contribution < 1.29 is 0 Å². The predicted octanol–water partition coefficient (Wildman–Crippen LogP) is 3.40. The highest BCUT2D eigenvalue weighted by Crippen LogP contribution is 2.25. The Morgan fingerprint density at radius 2 is 2.38 bits per heavy atom. The van der Waals surface area contributed by atoms with E-state index in [2.05, 4.69) is 32.5 Å². The molecule has 1 aliphatic heterocycles. The Bertz CT molecular complexity index is 578. The van der Waals surface area contributed by atoms with Crippen LogP contribution in [-0.4, -0.2) is 35.0 Å². The molecule has 114 valence electrons. The van der Waals surface area contributed by atoms with Gasteiger partial charge in [-0.3, -0.25) is 4.90 Å². The first-order chi connectivity index (χ1) is 10.2. The maximum absolute atomic E-state index is 4.61. The van der Waals surface area contributed by atoms with Crippen LogP contribution in [0.5, 0.6) is 0 Å². The molecule has 1 saturated heterocycles. The molecular weight excluding hydrogens is 300 g/mol. The first kappa shape index (κ1) is 14.9. The minimum Gasteiger partial charge on any atom is -0.365 e. The molecule has 2 aromatic rings. The summed E-state index contributed by atoms with van der Waals surface area (Å²) in [6, 6.07) is 0. The van der Waals surface area contributed by atoms with Gasteiger partial charge in [-0.05, 0) is 32.2 Å². The van der Waals surface area contributed by atoms with Crippen LogP contribution in [-0.2, 0) is 13.0 Å². The summed E-state index contributed by atoms with van der Waals surface area (Å²) in [6.45, 7) is 5.51. The van der Waals surface area contributed by atoms with Crippen LogP contribution in [0.2, 0.25) is 0 Å². The van der Waals surface area contributed by atoms with E-state index >= 15 is 0 Å². The van der Waals surface area contributed by atoms with Gasteiger partial charge in [0, 0.05) is 48.7 Å². The average molecular weight is 323 g/mol. The molecule has 0 saturated carbocycles. The normalized spacial score (nSPS) is 19.8. The van der Waals surface area contributed by atoms with E-state index in [0.29, 0.717) is 0 Å². The third-order valence-electron chi connectivity index (χ3n) is 3.88. The van der Waals surface area contributed by atoms with E-state index in [1.54, 1.807) is 11.3 Å². The third kappa shape index (κ3) is 4.02. The van der Waals surface area contributed by atoms with Crippen LogP contribution >= 0.6 is 22.7 Å². The highest BCUT2D eigenvalue weighted by atomic mass is 32.1. The van der Waals surface area contributed by atoms with Crippen LogP contribution in [0.4, 0.5) is 5.13 Å². The molecule has 0 aliphatic carbocycles. The van der Waals surface area contributed by atoms with Gasteiger partial charge in [0.1, 0.15) is 0 Å². The van der Waals surface area contributed by atoms with E-state index in [4.69, 9.17) is 0 Å². The molecule has 1 fully saturated rings. The Morgan fingerprint density at radius 1 is 1.48 bits per heavy atom. The minimum absolute atomic E-state index is 0.751. The zero-order chi connectivity index (χ0) is 14.7. The second kappa shape index (κ2) is 6.85. The van der Waals surface area contributed by atoms with E-state index < -0.39 is 0 Å². The van der Waals surface area contributed by atoms with Crippen molar-refractivity contribution in [3.63, 3.8) is 0 Å². The summed E-state index contributed by atoms with van der Waals surface area (Å²) >= 11 is 3.57. The summed E-state index contributed by atoms with van der Waals surface area (Å²) in [5.41, 5.74) is 1.16. The number of anilines is 1. The lowest BCUT2D eigenvalue weighted by molar-refractivity contribution is 0.168. The summed E-state index contributed by atoms with van der Waals surface area (Å²) in [6.07, 6.45) is 5.77. The molecule has 1 unspecified atom stereocenters. The maximum Gasteiger partial charge on any atom is 0.182 e. The summed E-state index contributed by atoms with van der Waals surface area (Å²) in [5, 5.41) is 7.58. The number of thiazole rings is 2. The number of hydrogen-bond donors (Lipinski definition) is 1. The fraction of sp³-hybridized carbons (Fsp3) is 0.600. The van der Waals surface area contributed by atoms with Crippen molar-refractivity contribution in [2.24, 2.45) is 5.92 Å². The fourth-order valence-corrected chi connectivity index (χ4v) is 4.62. The lowest BCUT2D eigenvalue weighted by Gasteiger charge is -2.31. The van der Waals surface area contributed by atoms with Crippen molar-refractivity contribution in [3.05, 3.63) is 27.2 Å². The Morgan fingerprint density at radius 3 is 3.10 bits per heavy atom. The number of aryl methyl sites for hydroxylation is 1. The average Bonchev–Trinajstić information content (AvgIpc) is 3.08. The summed E-state index contributed by atoms with van der Waals surface area (Å²) in [7, 11) is 1.93. The molecule has 0 bridgehead atoms. The van der Waals surface area contributed by atoms with Crippen molar-refractivity contribution in [1.29, 1.82) is 0 Å². The van der Waals surface area contributed by atoms with E-state index in [1.165, 1.54) is 35.8 Å². The number of rotatable bonds is 5. The van der Waals surface area contributed by atoms with Crippen molar-refractivity contribution in [2.45, 2.75) is 32.7 Å². The molecule has 0 amide bonds. The van der Waals surface area contributed by atoms with E-state index in [9.17, 15) is 0 Å². The number of aromatic nitrogens is 2. The molecule has 6 heteroatoms. The molecule has 0 aromatic carbocycles. The lowest BCUT2D eigenvalue weighted by Crippen LogP contribution is -2.35. The van der Waals surface area contributed by atoms with Crippen LogP contribution in [0, 0.1) is 12.8 Å². The van der Waals surface area contributed by atoms with Crippen molar-refractivity contribution in [3.8, 4) is 0 Å². The van der Waals surface area contributed by atoms with Crippen LogP contribution in [0.3, 0.4) is 0 Å². The predicted molar refractivity (Wildman–Crippen MR) is 90.2 cm³/mol. The molecule has 21 heavy (non-hydrogen) atoms. The van der Waals surface area contributed by atoms with Crippen molar-refractivity contribution in [2.75, 3.05) is 25.5 Å². The van der Waals surface area contributed by atoms with Gasteiger partial charge in [0.2, 0.25) is 0 Å². The Kier molecular flexibility index (Phi) is 4.87. The number of nitrogens with zero attached hydrogens (tertiary/aromatic N) is 3. The molecule has 0 radical (unpaired) electrons. The minimum atomic E-state index is 0.751. The van der Waals surface area contributed by atoms with Crippen LogP contribution < -0.4 is 5.32 Å². The van der Waals surface area contributed by atoms with Gasteiger partial charge < -0.3 is 5.32 Å². The third-order valence-corrected chi connectivity index (χ3v) is 5.87. The smallest absolute Gasteiger partial charge is 0.182 e. The second-order valence-electron chi connectivity index (χ2n) is 5.71. The van der Waals surface area contributed by atoms with E-state index in [0.717, 1.165) is 29.7 Å². The number of piperidine rings is 1. The molecule has 4 nitrogen and oxygen atoms in total. The number of hydrogen-bond acceptors (Lipinski definition) is 6. The highest BCUT2D eigenvalue weighted by Gasteiger charge is 2.21. The van der Waals surface area contributed by atoms with Gasteiger partial charge in [-0.15, -0.1) is 22.7 Å². The van der Waals surface area contributed by atoms with Crippen LogP contribution in [0.1, 0.15) is 28.4 Å². The molecule has 3 rings (SSSR count). The second-order valence-corrected chi connectivity index (χ2v) is 7.77. The molecular formula is C15H22N4S2. The largest absolute Gasteiger partial charge is 0.365 e. The molecule has 3 heterocycles. The summed E-state index contributed by atoms with van der Waals surface area (Å²) in [4.78, 5) is 12.9. The SMILES string of the molecule is CNc1ncc(CN2CCCC(Cc3nc(C)cs3)C2)s1. The molecule has 1 atom stereocenters. The molecule has 0 spiro atoms. The number of likely N-dealkylation sites (tertiary alicyclic amines) is 1. The quantitative estimate of drug-likeness (QED) is 0.916.